The Labute approximate surface area is 144 Å². The zero-order valence-electron chi connectivity index (χ0n) is 14.7. The van der Waals surface area contributed by atoms with E-state index in [0.29, 0.717) is 0 Å². The zero-order chi connectivity index (χ0) is 19.1. The van der Waals surface area contributed by atoms with Gasteiger partial charge >= 0.3 is 23.9 Å². The average Bonchev–Trinajstić information content (AvgIpc) is 2.48. The van der Waals surface area contributed by atoms with Crippen molar-refractivity contribution in [2.75, 3.05) is 13.7 Å². The lowest BCUT2D eigenvalue weighted by molar-refractivity contribution is -0.302. The van der Waals surface area contributed by atoms with Crippen molar-refractivity contribution in [3.63, 3.8) is 0 Å². The predicted octanol–water partition coefficient (Wildman–Crippen LogP) is -0.284. The fraction of sp³-hybridized carbons (Fsp3) is 0.733. The fourth-order valence-electron chi connectivity index (χ4n) is 2.38. The number of hydrogen-bond acceptors (Lipinski definition) is 10. The molecular formula is C15H22O10. The smallest absolute Gasteiger partial charge is 0.303 e. The van der Waals surface area contributed by atoms with E-state index in [9.17, 15) is 19.2 Å². The molecule has 1 heterocycles. The topological polar surface area (TPSA) is 124 Å². The van der Waals surface area contributed by atoms with Crippen LogP contribution in [0.5, 0.6) is 0 Å². The van der Waals surface area contributed by atoms with E-state index in [1.54, 1.807) is 0 Å². The maximum absolute atomic E-state index is 11.5. The molecule has 0 N–H and O–H groups in total. The molecule has 0 aromatic heterocycles. The second kappa shape index (κ2) is 9.33. The van der Waals surface area contributed by atoms with Gasteiger partial charge in [-0.1, -0.05) is 0 Å². The Bertz CT molecular complexity index is 516. The molecule has 0 aliphatic carbocycles. The summed E-state index contributed by atoms with van der Waals surface area (Å²) in [5.41, 5.74) is 0. The van der Waals surface area contributed by atoms with Gasteiger partial charge in [0.1, 0.15) is 12.7 Å². The Morgan fingerprint density at radius 3 is 1.68 bits per heavy atom. The number of methoxy groups -OCH3 is 1. The molecule has 0 spiro atoms. The quantitative estimate of drug-likeness (QED) is 0.460. The van der Waals surface area contributed by atoms with Crippen LogP contribution in [-0.2, 0) is 47.6 Å². The van der Waals surface area contributed by atoms with Gasteiger partial charge < -0.3 is 28.4 Å². The normalized spacial score (nSPS) is 28.6. The third-order valence-corrected chi connectivity index (χ3v) is 3.18. The molecule has 10 nitrogen and oxygen atoms in total. The van der Waals surface area contributed by atoms with Gasteiger partial charge in [0, 0.05) is 34.8 Å². The van der Waals surface area contributed by atoms with Crippen LogP contribution in [-0.4, -0.2) is 68.3 Å². The van der Waals surface area contributed by atoms with Crippen molar-refractivity contribution in [1.29, 1.82) is 0 Å². The number of carbonyl (C=O) groups excluding carboxylic acids is 4. The number of hydrogen-bond donors (Lipinski definition) is 0. The molecule has 0 bridgehead atoms. The molecule has 142 valence electrons. The SMILES string of the molecule is CO[C@H]1O[C@H](COC(C)=O)[C@H](OC(C)=O)[C@H](OC(C)=O)[C@@H]1OC(C)=O. The predicted molar refractivity (Wildman–Crippen MR) is 79.0 cm³/mol. The summed E-state index contributed by atoms with van der Waals surface area (Å²) in [4.78, 5) is 45.4. The monoisotopic (exact) mass is 362 g/mol. The third kappa shape index (κ3) is 6.31. The second-order valence-electron chi connectivity index (χ2n) is 5.30. The maximum Gasteiger partial charge on any atom is 0.303 e. The molecule has 1 fully saturated rings. The summed E-state index contributed by atoms with van der Waals surface area (Å²) in [6.07, 6.45) is -5.67. The molecule has 5 atom stereocenters. The summed E-state index contributed by atoms with van der Waals surface area (Å²) in [6, 6.07) is 0. The van der Waals surface area contributed by atoms with Crippen molar-refractivity contribution in [2.24, 2.45) is 0 Å². The summed E-state index contributed by atoms with van der Waals surface area (Å²) in [6.45, 7) is 4.37. The van der Waals surface area contributed by atoms with Crippen molar-refractivity contribution < 1.29 is 47.6 Å². The molecule has 0 saturated carbocycles. The Hall–Kier alpha value is -2.20. The lowest BCUT2D eigenvalue weighted by atomic mass is 9.98. The summed E-state index contributed by atoms with van der Waals surface area (Å²) < 4.78 is 31.1. The van der Waals surface area contributed by atoms with E-state index in [1.165, 1.54) is 14.0 Å². The van der Waals surface area contributed by atoms with E-state index in [1.807, 2.05) is 0 Å². The first-order chi connectivity index (χ1) is 11.6. The molecule has 1 aliphatic rings. The van der Waals surface area contributed by atoms with Gasteiger partial charge in [-0.2, -0.15) is 0 Å². The van der Waals surface area contributed by atoms with E-state index >= 15 is 0 Å². The molecule has 25 heavy (non-hydrogen) atoms. The summed E-state index contributed by atoms with van der Waals surface area (Å²) in [7, 11) is 1.29. The van der Waals surface area contributed by atoms with Crippen molar-refractivity contribution in [3.8, 4) is 0 Å². The van der Waals surface area contributed by atoms with Crippen LogP contribution in [0.25, 0.3) is 0 Å². The second-order valence-corrected chi connectivity index (χ2v) is 5.30. The van der Waals surface area contributed by atoms with Crippen LogP contribution in [0.2, 0.25) is 0 Å². The molecule has 1 saturated heterocycles. The maximum atomic E-state index is 11.5. The molecule has 1 rings (SSSR count). The summed E-state index contributed by atoms with van der Waals surface area (Å²) in [5.74, 6) is -2.63. The van der Waals surface area contributed by atoms with Gasteiger partial charge in [0.05, 0.1) is 0 Å². The molecule has 10 heteroatoms. The molecule has 0 amide bonds. The van der Waals surface area contributed by atoms with E-state index in [4.69, 9.17) is 28.4 Å². The minimum Gasteiger partial charge on any atom is -0.463 e. The van der Waals surface area contributed by atoms with Crippen LogP contribution in [0.1, 0.15) is 27.7 Å². The van der Waals surface area contributed by atoms with E-state index in [0.717, 1.165) is 20.8 Å². The Balaban J connectivity index is 3.18. The fourth-order valence-corrected chi connectivity index (χ4v) is 2.38. The molecule has 0 unspecified atom stereocenters. The van der Waals surface area contributed by atoms with Gasteiger partial charge in [0.2, 0.25) is 0 Å². The first-order valence-electron chi connectivity index (χ1n) is 7.49. The van der Waals surface area contributed by atoms with Crippen LogP contribution in [0, 0.1) is 0 Å². The molecule has 0 aromatic carbocycles. The first kappa shape index (κ1) is 20.8. The highest BCUT2D eigenvalue weighted by Crippen LogP contribution is 2.29. The van der Waals surface area contributed by atoms with Gasteiger partial charge in [-0.05, 0) is 0 Å². The highest BCUT2D eigenvalue weighted by Gasteiger charge is 2.52. The minimum atomic E-state index is -1.20. The Kier molecular flexibility index (Phi) is 7.78. The lowest BCUT2D eigenvalue weighted by Gasteiger charge is -2.43. The molecule has 0 radical (unpaired) electrons. The van der Waals surface area contributed by atoms with Crippen molar-refractivity contribution in [3.05, 3.63) is 0 Å². The van der Waals surface area contributed by atoms with E-state index in [2.05, 4.69) is 0 Å². The van der Waals surface area contributed by atoms with Crippen LogP contribution in [0.4, 0.5) is 0 Å². The number of ether oxygens (including phenoxy) is 6. The highest BCUT2D eigenvalue weighted by atomic mass is 16.7. The van der Waals surface area contributed by atoms with Crippen LogP contribution >= 0.6 is 0 Å². The van der Waals surface area contributed by atoms with Crippen molar-refractivity contribution >= 4 is 23.9 Å². The number of rotatable bonds is 6. The van der Waals surface area contributed by atoms with Crippen molar-refractivity contribution in [1.82, 2.24) is 0 Å². The molecule has 0 aromatic rings. The lowest BCUT2D eigenvalue weighted by Crippen LogP contribution is -2.62. The van der Waals surface area contributed by atoms with Gasteiger partial charge in [-0.3, -0.25) is 19.2 Å². The van der Waals surface area contributed by atoms with Crippen LogP contribution in [0.15, 0.2) is 0 Å². The summed E-state index contributed by atoms with van der Waals surface area (Å²) in [5, 5.41) is 0. The third-order valence-electron chi connectivity index (χ3n) is 3.18. The van der Waals surface area contributed by atoms with Gasteiger partial charge in [0.15, 0.2) is 24.6 Å². The molecular weight excluding hydrogens is 340 g/mol. The molecule has 1 aliphatic heterocycles. The van der Waals surface area contributed by atoms with E-state index < -0.39 is 54.6 Å². The number of carbonyl (C=O) groups is 4. The van der Waals surface area contributed by atoms with Gasteiger partial charge in [-0.25, -0.2) is 0 Å². The van der Waals surface area contributed by atoms with Gasteiger partial charge in [0.25, 0.3) is 0 Å². The average molecular weight is 362 g/mol. The standard InChI is InChI=1S/C15H22O10/c1-7(16)21-6-11-12(22-8(2)17)13(23-9(3)18)14(24-10(4)19)15(20-5)25-11/h11-15H,6H2,1-5H3/t11-,12+,13+,14+,15+/m1/s1. The minimum absolute atomic E-state index is 0.280. The van der Waals surface area contributed by atoms with Gasteiger partial charge in [-0.15, -0.1) is 0 Å². The Morgan fingerprint density at radius 2 is 1.24 bits per heavy atom. The van der Waals surface area contributed by atoms with Crippen LogP contribution < -0.4 is 0 Å². The first-order valence-corrected chi connectivity index (χ1v) is 7.49. The Morgan fingerprint density at radius 1 is 0.760 bits per heavy atom. The van der Waals surface area contributed by atoms with E-state index in [-0.39, 0.29) is 6.61 Å². The zero-order valence-corrected chi connectivity index (χ0v) is 14.7. The van der Waals surface area contributed by atoms with Crippen LogP contribution in [0.3, 0.4) is 0 Å². The van der Waals surface area contributed by atoms with Crippen molar-refractivity contribution in [2.45, 2.75) is 58.4 Å². The largest absolute Gasteiger partial charge is 0.463 e. The number of esters is 4. The highest BCUT2D eigenvalue weighted by molar-refractivity contribution is 5.68. The summed E-state index contributed by atoms with van der Waals surface area (Å²) >= 11 is 0.